The summed E-state index contributed by atoms with van der Waals surface area (Å²) >= 11 is 0. The number of benzene rings is 1. The highest BCUT2D eigenvalue weighted by atomic mass is 16.4. The van der Waals surface area contributed by atoms with Gasteiger partial charge in [0.05, 0.1) is 6.54 Å². The molecule has 0 unspecified atom stereocenters. The van der Waals surface area contributed by atoms with Crippen LogP contribution in [0, 0.1) is 0 Å². The fourth-order valence-electron chi connectivity index (χ4n) is 3.31. The Bertz CT molecular complexity index is 677. The van der Waals surface area contributed by atoms with E-state index >= 15 is 0 Å². The number of hydrogen-bond donors (Lipinski definition) is 1. The number of allylic oxidation sites excluding steroid dienone is 1. The predicted octanol–water partition coefficient (Wildman–Crippen LogP) is 2.90. The Morgan fingerprint density at radius 2 is 2.12 bits per heavy atom. The molecule has 0 spiro atoms. The topological polar surface area (TPSA) is 58.4 Å². The second kappa shape index (κ2) is 7.93. The van der Waals surface area contributed by atoms with E-state index in [0.29, 0.717) is 12.5 Å². The molecule has 24 heavy (non-hydrogen) atoms. The molecule has 1 aromatic carbocycles. The van der Waals surface area contributed by atoms with Gasteiger partial charge in [0.15, 0.2) is 0 Å². The zero-order valence-electron chi connectivity index (χ0n) is 13.7. The number of carboxylic acids is 1. The summed E-state index contributed by atoms with van der Waals surface area (Å²) in [6.07, 6.45) is 9.78. The van der Waals surface area contributed by atoms with E-state index in [2.05, 4.69) is 34.3 Å². The molecule has 1 atom stereocenters. The van der Waals surface area contributed by atoms with Crippen molar-refractivity contribution >= 4 is 5.97 Å². The van der Waals surface area contributed by atoms with Gasteiger partial charge in [0.25, 0.3) is 0 Å². The van der Waals surface area contributed by atoms with Crippen molar-refractivity contribution in [3.8, 4) is 0 Å². The molecule has 126 valence electrons. The number of likely N-dealkylation sites (tertiary alicyclic amines) is 1. The van der Waals surface area contributed by atoms with E-state index in [4.69, 9.17) is 5.11 Å². The van der Waals surface area contributed by atoms with Gasteiger partial charge in [-0.25, -0.2) is 4.79 Å². The summed E-state index contributed by atoms with van der Waals surface area (Å²) in [7, 11) is 0. The van der Waals surface area contributed by atoms with Crippen LogP contribution in [0.1, 0.15) is 30.0 Å². The Labute approximate surface area is 142 Å². The Balaban J connectivity index is 1.59. The highest BCUT2D eigenvalue weighted by Crippen LogP contribution is 2.31. The van der Waals surface area contributed by atoms with Gasteiger partial charge in [-0.15, -0.1) is 0 Å². The van der Waals surface area contributed by atoms with Crippen LogP contribution in [0.2, 0.25) is 0 Å². The molecule has 1 aliphatic rings. The minimum absolute atomic E-state index is 0.476. The predicted molar refractivity (Wildman–Crippen MR) is 92.7 cm³/mol. The Morgan fingerprint density at radius 1 is 1.29 bits per heavy atom. The van der Waals surface area contributed by atoms with Gasteiger partial charge in [-0.2, -0.15) is 5.10 Å². The van der Waals surface area contributed by atoms with Crippen molar-refractivity contribution in [1.82, 2.24) is 14.7 Å². The number of carboxylic acid groups (broad SMARTS) is 1. The molecule has 0 amide bonds. The summed E-state index contributed by atoms with van der Waals surface area (Å²) in [6.45, 7) is 3.06. The molecule has 1 aromatic heterocycles. The number of nitrogens with zero attached hydrogens (tertiary/aromatic N) is 3. The van der Waals surface area contributed by atoms with Crippen LogP contribution in [0.25, 0.3) is 0 Å². The van der Waals surface area contributed by atoms with Crippen molar-refractivity contribution in [2.45, 2.75) is 31.8 Å². The van der Waals surface area contributed by atoms with Gasteiger partial charge in [-0.1, -0.05) is 30.3 Å². The maximum atomic E-state index is 10.5. The lowest BCUT2D eigenvalue weighted by molar-refractivity contribution is -0.131. The minimum Gasteiger partial charge on any atom is -0.478 e. The van der Waals surface area contributed by atoms with Gasteiger partial charge in [-0.3, -0.25) is 9.58 Å². The zero-order chi connectivity index (χ0) is 16.8. The van der Waals surface area contributed by atoms with Gasteiger partial charge in [0.2, 0.25) is 0 Å². The summed E-state index contributed by atoms with van der Waals surface area (Å²) in [5.41, 5.74) is 2.48. The Kier molecular flexibility index (Phi) is 5.43. The van der Waals surface area contributed by atoms with Crippen LogP contribution in [0.15, 0.2) is 54.9 Å². The van der Waals surface area contributed by atoms with Gasteiger partial charge >= 0.3 is 5.97 Å². The van der Waals surface area contributed by atoms with E-state index in [1.807, 2.05) is 23.1 Å². The minimum atomic E-state index is -0.898. The van der Waals surface area contributed by atoms with E-state index in [1.165, 1.54) is 24.5 Å². The third kappa shape index (κ3) is 4.32. The van der Waals surface area contributed by atoms with Gasteiger partial charge in [0, 0.05) is 31.1 Å². The average molecular weight is 325 g/mol. The van der Waals surface area contributed by atoms with Crippen LogP contribution in [0.4, 0.5) is 0 Å². The van der Waals surface area contributed by atoms with Crippen LogP contribution >= 0.6 is 0 Å². The fraction of sp³-hybridized carbons (Fsp3) is 0.368. The number of aromatic nitrogens is 2. The molecule has 1 fully saturated rings. The van der Waals surface area contributed by atoms with E-state index in [-0.39, 0.29) is 0 Å². The van der Waals surface area contributed by atoms with Crippen molar-refractivity contribution in [2.24, 2.45) is 0 Å². The Hall–Kier alpha value is -2.40. The molecule has 0 radical (unpaired) electrons. The summed E-state index contributed by atoms with van der Waals surface area (Å²) in [5.74, 6) is -0.898. The zero-order valence-corrected chi connectivity index (χ0v) is 13.7. The molecule has 0 aliphatic carbocycles. The van der Waals surface area contributed by atoms with Crippen LogP contribution in [0.3, 0.4) is 0 Å². The molecule has 1 aliphatic heterocycles. The van der Waals surface area contributed by atoms with Crippen molar-refractivity contribution in [2.75, 3.05) is 13.1 Å². The van der Waals surface area contributed by atoms with E-state index in [1.54, 1.807) is 6.08 Å². The summed E-state index contributed by atoms with van der Waals surface area (Å²) < 4.78 is 1.98. The van der Waals surface area contributed by atoms with E-state index in [0.717, 1.165) is 25.2 Å². The fourth-order valence-corrected chi connectivity index (χ4v) is 3.31. The molecule has 5 heteroatoms. The number of aliphatic carboxylic acids is 1. The number of hydrogen-bond acceptors (Lipinski definition) is 3. The molecule has 1 N–H and O–H groups in total. The first-order valence-electron chi connectivity index (χ1n) is 8.42. The smallest absolute Gasteiger partial charge is 0.327 e. The largest absolute Gasteiger partial charge is 0.478 e. The van der Waals surface area contributed by atoms with E-state index < -0.39 is 5.97 Å². The highest BCUT2D eigenvalue weighted by Gasteiger charge is 2.25. The van der Waals surface area contributed by atoms with E-state index in [9.17, 15) is 4.79 Å². The van der Waals surface area contributed by atoms with Crippen molar-refractivity contribution < 1.29 is 9.90 Å². The van der Waals surface area contributed by atoms with Crippen LogP contribution in [-0.4, -0.2) is 38.8 Å². The molecule has 0 saturated carbocycles. The first-order valence-corrected chi connectivity index (χ1v) is 8.42. The maximum absolute atomic E-state index is 10.5. The van der Waals surface area contributed by atoms with Crippen LogP contribution < -0.4 is 0 Å². The van der Waals surface area contributed by atoms with Gasteiger partial charge < -0.3 is 5.11 Å². The van der Waals surface area contributed by atoms with Crippen molar-refractivity contribution in [3.63, 3.8) is 0 Å². The number of rotatable bonds is 7. The van der Waals surface area contributed by atoms with Crippen molar-refractivity contribution in [3.05, 3.63) is 66.0 Å². The Morgan fingerprint density at radius 3 is 2.83 bits per heavy atom. The lowest BCUT2D eigenvalue weighted by atomic mass is 10.0. The lowest BCUT2D eigenvalue weighted by Gasteiger charge is -2.25. The summed E-state index contributed by atoms with van der Waals surface area (Å²) in [6, 6.07) is 11.0. The quantitative estimate of drug-likeness (QED) is 0.795. The molecule has 0 bridgehead atoms. The molecule has 1 saturated heterocycles. The number of carbonyl (C=O) groups is 1. The highest BCUT2D eigenvalue weighted by molar-refractivity contribution is 5.79. The first-order chi connectivity index (χ1) is 11.7. The molecular weight excluding hydrogens is 302 g/mol. The first kappa shape index (κ1) is 16.5. The molecular formula is C19H23N3O2. The standard InChI is InChI=1S/C19H23N3O2/c23-19(24)6-1-4-16-7-9-17(10-8-16)18-5-2-12-21(18)14-15-22-13-3-11-20-22/h1,3,6-11,13,18H,2,4-5,12,14-15H2,(H,23,24)/b6-1+/t18-/m0/s1. The SMILES string of the molecule is O=C(O)/C=C/Cc1ccc([C@@H]2CCCN2CCn2cccn2)cc1. The third-order valence-electron chi connectivity index (χ3n) is 4.52. The normalized spacial score (nSPS) is 18.4. The molecule has 3 rings (SSSR count). The van der Waals surface area contributed by atoms with Crippen molar-refractivity contribution in [1.29, 1.82) is 0 Å². The molecule has 5 nitrogen and oxygen atoms in total. The van der Waals surface area contributed by atoms with Crippen LogP contribution in [0.5, 0.6) is 0 Å². The second-order valence-electron chi connectivity index (χ2n) is 6.15. The third-order valence-corrected chi connectivity index (χ3v) is 4.52. The second-order valence-corrected chi connectivity index (χ2v) is 6.15. The van der Waals surface area contributed by atoms with Gasteiger partial charge in [0.1, 0.15) is 0 Å². The van der Waals surface area contributed by atoms with Gasteiger partial charge in [-0.05, 0) is 43.0 Å². The molecule has 2 heterocycles. The summed E-state index contributed by atoms with van der Waals surface area (Å²) in [4.78, 5) is 13.0. The average Bonchev–Trinajstić information content (AvgIpc) is 3.25. The lowest BCUT2D eigenvalue weighted by Crippen LogP contribution is -2.27. The maximum Gasteiger partial charge on any atom is 0.327 e. The van der Waals surface area contributed by atoms with Crippen LogP contribution in [-0.2, 0) is 17.8 Å². The summed E-state index contributed by atoms with van der Waals surface area (Å²) in [5, 5.41) is 12.9. The monoisotopic (exact) mass is 325 g/mol. The molecule has 2 aromatic rings.